The van der Waals surface area contributed by atoms with Crippen molar-refractivity contribution in [3.05, 3.63) is 12.4 Å². The van der Waals surface area contributed by atoms with Crippen molar-refractivity contribution >= 4 is 11.6 Å². The van der Waals surface area contributed by atoms with E-state index in [1.54, 1.807) is 6.33 Å². The number of rotatable bonds is 3. The van der Waals surface area contributed by atoms with Crippen molar-refractivity contribution in [3.8, 4) is 0 Å². The fourth-order valence-corrected chi connectivity index (χ4v) is 2.62. The summed E-state index contributed by atoms with van der Waals surface area (Å²) in [7, 11) is 2.16. The van der Waals surface area contributed by atoms with Gasteiger partial charge in [-0.1, -0.05) is 0 Å². The van der Waals surface area contributed by atoms with Gasteiger partial charge in [0, 0.05) is 44.8 Å². The lowest BCUT2D eigenvalue weighted by Gasteiger charge is -2.33. The summed E-state index contributed by atoms with van der Waals surface area (Å²) >= 11 is 0. The van der Waals surface area contributed by atoms with Gasteiger partial charge < -0.3 is 20.4 Å². The van der Waals surface area contributed by atoms with Gasteiger partial charge in [0.25, 0.3) is 0 Å². The molecule has 6 nitrogen and oxygen atoms in total. The molecule has 6 heteroatoms. The summed E-state index contributed by atoms with van der Waals surface area (Å²) in [5.74, 6) is 1.98. The summed E-state index contributed by atoms with van der Waals surface area (Å²) < 4.78 is 0. The summed E-state index contributed by atoms with van der Waals surface area (Å²) in [6, 6.07) is 2.57. The molecule has 2 aliphatic rings. The first-order chi connectivity index (χ1) is 9.31. The molecular formula is C13H22N6. The second kappa shape index (κ2) is 5.71. The van der Waals surface area contributed by atoms with E-state index in [-0.39, 0.29) is 0 Å². The van der Waals surface area contributed by atoms with Gasteiger partial charge in [0.2, 0.25) is 0 Å². The van der Waals surface area contributed by atoms with Gasteiger partial charge in [-0.25, -0.2) is 9.97 Å². The van der Waals surface area contributed by atoms with E-state index >= 15 is 0 Å². The molecule has 19 heavy (non-hydrogen) atoms. The second-order valence-electron chi connectivity index (χ2n) is 5.39. The van der Waals surface area contributed by atoms with Gasteiger partial charge in [-0.05, 0) is 20.0 Å². The minimum absolute atomic E-state index is 0.496. The highest BCUT2D eigenvalue weighted by molar-refractivity contribution is 5.49. The van der Waals surface area contributed by atoms with Crippen LogP contribution in [-0.2, 0) is 0 Å². The number of anilines is 2. The Bertz CT molecular complexity index is 409. The van der Waals surface area contributed by atoms with Crippen LogP contribution in [-0.4, -0.2) is 67.2 Å². The average Bonchev–Trinajstić information content (AvgIpc) is 2.93. The Morgan fingerprint density at radius 2 is 2.11 bits per heavy atom. The van der Waals surface area contributed by atoms with E-state index in [1.165, 1.54) is 0 Å². The third-order valence-electron chi connectivity index (χ3n) is 3.89. The molecule has 0 spiro atoms. The monoisotopic (exact) mass is 262 g/mol. The van der Waals surface area contributed by atoms with Crippen LogP contribution in [0.2, 0.25) is 0 Å². The lowest BCUT2D eigenvalue weighted by atomic mass is 10.2. The zero-order valence-corrected chi connectivity index (χ0v) is 11.5. The molecule has 1 aromatic heterocycles. The number of hydrogen-bond donors (Lipinski definition) is 2. The largest absolute Gasteiger partial charge is 0.366 e. The molecular weight excluding hydrogens is 240 g/mol. The van der Waals surface area contributed by atoms with Crippen LogP contribution in [0.5, 0.6) is 0 Å². The fraction of sp³-hybridized carbons (Fsp3) is 0.692. The van der Waals surface area contributed by atoms with Crippen molar-refractivity contribution in [3.63, 3.8) is 0 Å². The number of piperazine rings is 1. The van der Waals surface area contributed by atoms with Crippen molar-refractivity contribution in [2.45, 2.75) is 12.5 Å². The highest BCUT2D eigenvalue weighted by atomic mass is 15.3. The predicted molar refractivity (Wildman–Crippen MR) is 76.6 cm³/mol. The standard InChI is InChI=1S/C13H22N6/c1-18-4-6-19(7-5-18)13-8-12(15-10-16-13)17-11-2-3-14-9-11/h8,10-11,14H,2-7,9H2,1H3,(H,15,16,17). The molecule has 3 rings (SSSR count). The lowest BCUT2D eigenvalue weighted by molar-refractivity contribution is 0.312. The SMILES string of the molecule is CN1CCN(c2cc(NC3CCNC3)ncn2)CC1. The molecule has 1 aromatic rings. The maximum absolute atomic E-state index is 4.40. The molecule has 2 fully saturated rings. The van der Waals surface area contributed by atoms with Crippen LogP contribution in [0.15, 0.2) is 12.4 Å². The molecule has 2 aliphatic heterocycles. The molecule has 0 saturated carbocycles. The van der Waals surface area contributed by atoms with Crippen LogP contribution in [0.25, 0.3) is 0 Å². The van der Waals surface area contributed by atoms with Crippen LogP contribution in [0.3, 0.4) is 0 Å². The van der Waals surface area contributed by atoms with Gasteiger partial charge in [0.1, 0.15) is 18.0 Å². The van der Waals surface area contributed by atoms with E-state index in [4.69, 9.17) is 0 Å². The van der Waals surface area contributed by atoms with E-state index in [1.807, 2.05) is 0 Å². The average molecular weight is 262 g/mol. The Morgan fingerprint density at radius 3 is 2.84 bits per heavy atom. The molecule has 104 valence electrons. The summed E-state index contributed by atoms with van der Waals surface area (Å²) in [5, 5.41) is 6.83. The van der Waals surface area contributed by atoms with E-state index in [0.717, 1.165) is 57.3 Å². The molecule has 1 unspecified atom stereocenters. The van der Waals surface area contributed by atoms with E-state index in [0.29, 0.717) is 6.04 Å². The van der Waals surface area contributed by atoms with Crippen molar-refractivity contribution in [2.24, 2.45) is 0 Å². The van der Waals surface area contributed by atoms with Gasteiger partial charge in [-0.15, -0.1) is 0 Å². The van der Waals surface area contributed by atoms with Gasteiger partial charge in [-0.2, -0.15) is 0 Å². The molecule has 0 radical (unpaired) electrons. The van der Waals surface area contributed by atoms with Gasteiger partial charge in [-0.3, -0.25) is 0 Å². The maximum atomic E-state index is 4.40. The van der Waals surface area contributed by atoms with Gasteiger partial charge >= 0.3 is 0 Å². The molecule has 1 atom stereocenters. The smallest absolute Gasteiger partial charge is 0.134 e. The molecule has 0 aliphatic carbocycles. The number of aromatic nitrogens is 2. The summed E-state index contributed by atoms with van der Waals surface area (Å²) in [6.45, 7) is 6.39. The molecule has 2 saturated heterocycles. The number of nitrogens with one attached hydrogen (secondary N) is 2. The molecule has 0 aromatic carbocycles. The third-order valence-corrected chi connectivity index (χ3v) is 3.89. The fourth-order valence-electron chi connectivity index (χ4n) is 2.62. The molecule has 0 bridgehead atoms. The minimum atomic E-state index is 0.496. The number of hydrogen-bond acceptors (Lipinski definition) is 6. The molecule has 2 N–H and O–H groups in total. The Labute approximate surface area is 114 Å². The molecule has 0 amide bonds. The first-order valence-electron chi connectivity index (χ1n) is 7.04. The summed E-state index contributed by atoms with van der Waals surface area (Å²) in [5.41, 5.74) is 0. The minimum Gasteiger partial charge on any atom is -0.366 e. The van der Waals surface area contributed by atoms with Gasteiger partial charge in [0.15, 0.2) is 0 Å². The number of likely N-dealkylation sites (N-methyl/N-ethyl adjacent to an activating group) is 1. The number of nitrogens with zero attached hydrogens (tertiary/aromatic N) is 4. The first-order valence-corrected chi connectivity index (χ1v) is 7.04. The quantitative estimate of drug-likeness (QED) is 0.800. The summed E-state index contributed by atoms with van der Waals surface area (Å²) in [6.07, 6.45) is 2.83. The van der Waals surface area contributed by atoms with Crippen molar-refractivity contribution < 1.29 is 0 Å². The predicted octanol–water partition coefficient (Wildman–Crippen LogP) is 0.00220. The Kier molecular flexibility index (Phi) is 3.79. The van der Waals surface area contributed by atoms with E-state index < -0.39 is 0 Å². The van der Waals surface area contributed by atoms with Crippen LogP contribution in [0.4, 0.5) is 11.6 Å². The van der Waals surface area contributed by atoms with Crippen LogP contribution in [0, 0.1) is 0 Å². The maximum Gasteiger partial charge on any atom is 0.134 e. The van der Waals surface area contributed by atoms with Crippen LogP contribution in [0.1, 0.15) is 6.42 Å². The third kappa shape index (κ3) is 3.13. The highest BCUT2D eigenvalue weighted by Gasteiger charge is 2.17. The van der Waals surface area contributed by atoms with E-state index in [9.17, 15) is 0 Å². The Balaban J connectivity index is 1.65. The zero-order chi connectivity index (χ0) is 13.1. The van der Waals surface area contributed by atoms with Gasteiger partial charge in [0.05, 0.1) is 0 Å². The highest BCUT2D eigenvalue weighted by Crippen LogP contribution is 2.17. The van der Waals surface area contributed by atoms with Crippen LogP contribution >= 0.6 is 0 Å². The Morgan fingerprint density at radius 1 is 1.26 bits per heavy atom. The lowest BCUT2D eigenvalue weighted by Crippen LogP contribution is -2.44. The second-order valence-corrected chi connectivity index (χ2v) is 5.39. The van der Waals surface area contributed by atoms with Crippen molar-refractivity contribution in [1.82, 2.24) is 20.2 Å². The normalized spacial score (nSPS) is 24.7. The first kappa shape index (κ1) is 12.6. The Hall–Kier alpha value is -1.40. The van der Waals surface area contributed by atoms with Crippen LogP contribution < -0.4 is 15.5 Å². The zero-order valence-electron chi connectivity index (χ0n) is 11.5. The van der Waals surface area contributed by atoms with Crippen molar-refractivity contribution in [1.29, 1.82) is 0 Å². The summed E-state index contributed by atoms with van der Waals surface area (Å²) in [4.78, 5) is 13.4. The van der Waals surface area contributed by atoms with Crippen molar-refractivity contribution in [2.75, 3.05) is 56.5 Å². The van der Waals surface area contributed by atoms with E-state index in [2.05, 4.69) is 43.5 Å². The molecule has 3 heterocycles. The topological polar surface area (TPSA) is 56.3 Å².